The molecule has 1 heterocycles. The molecule has 2 nitrogen and oxygen atoms in total. The van der Waals surface area contributed by atoms with E-state index in [-0.39, 0.29) is 6.10 Å². The number of nitrogens with zero attached hydrogens (tertiary/aromatic N) is 1. The molecule has 0 bridgehead atoms. The molecule has 3 heteroatoms. The first-order chi connectivity index (χ1) is 5.68. The maximum Gasteiger partial charge on any atom is 0.0715 e. The van der Waals surface area contributed by atoms with Gasteiger partial charge in [0.25, 0.3) is 0 Å². The average Bonchev–Trinajstić information content (AvgIpc) is 2.37. The van der Waals surface area contributed by atoms with Gasteiger partial charge in [0.05, 0.1) is 6.10 Å². The SMILES string of the molecule is CN(C)CC(O)Cc1cccs1. The summed E-state index contributed by atoms with van der Waals surface area (Å²) in [7, 11) is 3.94. The molecular formula is C9H15NOS. The molecule has 1 N–H and O–H groups in total. The second-order valence-corrected chi connectivity index (χ2v) is 4.23. The van der Waals surface area contributed by atoms with Crippen molar-refractivity contribution in [2.24, 2.45) is 0 Å². The van der Waals surface area contributed by atoms with Crippen LogP contribution in [-0.2, 0) is 6.42 Å². The summed E-state index contributed by atoms with van der Waals surface area (Å²) in [5.74, 6) is 0. The largest absolute Gasteiger partial charge is 0.391 e. The molecule has 1 aromatic heterocycles. The van der Waals surface area contributed by atoms with E-state index in [0.29, 0.717) is 0 Å². The molecule has 0 aliphatic heterocycles. The Morgan fingerprint density at radius 2 is 2.33 bits per heavy atom. The Labute approximate surface area is 77.5 Å². The van der Waals surface area contributed by atoms with Crippen LogP contribution in [0.1, 0.15) is 4.88 Å². The van der Waals surface area contributed by atoms with Crippen LogP contribution in [0.15, 0.2) is 17.5 Å². The fraction of sp³-hybridized carbons (Fsp3) is 0.556. The zero-order valence-electron chi connectivity index (χ0n) is 7.53. The first kappa shape index (κ1) is 9.71. The van der Waals surface area contributed by atoms with Gasteiger partial charge in [-0.05, 0) is 25.5 Å². The minimum Gasteiger partial charge on any atom is -0.391 e. The van der Waals surface area contributed by atoms with Gasteiger partial charge in [-0.2, -0.15) is 0 Å². The van der Waals surface area contributed by atoms with Crippen LogP contribution < -0.4 is 0 Å². The molecule has 1 unspecified atom stereocenters. The van der Waals surface area contributed by atoms with Gasteiger partial charge < -0.3 is 10.0 Å². The van der Waals surface area contributed by atoms with Crippen LogP contribution in [0.2, 0.25) is 0 Å². The van der Waals surface area contributed by atoms with Gasteiger partial charge in [-0.1, -0.05) is 6.07 Å². The molecule has 0 aliphatic rings. The number of hydrogen-bond acceptors (Lipinski definition) is 3. The Kier molecular flexibility index (Phi) is 3.72. The summed E-state index contributed by atoms with van der Waals surface area (Å²) < 4.78 is 0. The van der Waals surface area contributed by atoms with Crippen molar-refractivity contribution in [2.75, 3.05) is 20.6 Å². The molecule has 0 saturated carbocycles. The fourth-order valence-electron chi connectivity index (χ4n) is 1.15. The van der Waals surface area contributed by atoms with Crippen molar-refractivity contribution in [3.05, 3.63) is 22.4 Å². The molecule has 68 valence electrons. The van der Waals surface area contributed by atoms with Gasteiger partial charge >= 0.3 is 0 Å². The van der Waals surface area contributed by atoms with Gasteiger partial charge in [0, 0.05) is 17.8 Å². The van der Waals surface area contributed by atoms with Crippen LogP contribution in [0, 0.1) is 0 Å². The Balaban J connectivity index is 2.32. The van der Waals surface area contributed by atoms with Gasteiger partial charge in [0.1, 0.15) is 0 Å². The highest BCUT2D eigenvalue weighted by Gasteiger charge is 2.06. The predicted octanol–water partition coefficient (Wildman–Crippen LogP) is 1.21. The van der Waals surface area contributed by atoms with Crippen LogP contribution in [0.3, 0.4) is 0 Å². The topological polar surface area (TPSA) is 23.5 Å². The normalized spacial score (nSPS) is 13.7. The van der Waals surface area contributed by atoms with Crippen molar-refractivity contribution in [2.45, 2.75) is 12.5 Å². The van der Waals surface area contributed by atoms with E-state index in [2.05, 4.69) is 6.07 Å². The number of aliphatic hydroxyl groups excluding tert-OH is 1. The maximum atomic E-state index is 9.56. The monoisotopic (exact) mass is 185 g/mol. The number of thiophene rings is 1. The fourth-order valence-corrected chi connectivity index (χ4v) is 1.92. The predicted molar refractivity (Wildman–Crippen MR) is 52.6 cm³/mol. The van der Waals surface area contributed by atoms with E-state index in [1.807, 2.05) is 30.4 Å². The molecule has 0 saturated heterocycles. The van der Waals surface area contributed by atoms with E-state index in [1.54, 1.807) is 11.3 Å². The summed E-state index contributed by atoms with van der Waals surface area (Å²) in [5, 5.41) is 11.6. The van der Waals surface area contributed by atoms with Crippen molar-refractivity contribution in [1.82, 2.24) is 4.90 Å². The van der Waals surface area contributed by atoms with Crippen molar-refractivity contribution < 1.29 is 5.11 Å². The highest BCUT2D eigenvalue weighted by Crippen LogP contribution is 2.11. The number of likely N-dealkylation sites (N-methyl/N-ethyl adjacent to an activating group) is 1. The van der Waals surface area contributed by atoms with E-state index in [0.717, 1.165) is 13.0 Å². The molecule has 0 aromatic carbocycles. The zero-order chi connectivity index (χ0) is 8.97. The molecule has 0 radical (unpaired) electrons. The summed E-state index contributed by atoms with van der Waals surface area (Å²) in [6.07, 6.45) is 0.536. The van der Waals surface area contributed by atoms with Crippen LogP contribution in [0.4, 0.5) is 0 Å². The van der Waals surface area contributed by atoms with Gasteiger partial charge in [-0.3, -0.25) is 0 Å². The lowest BCUT2D eigenvalue weighted by atomic mass is 10.2. The molecular weight excluding hydrogens is 170 g/mol. The van der Waals surface area contributed by atoms with Gasteiger partial charge in [0.2, 0.25) is 0 Å². The molecule has 1 rings (SSSR count). The van der Waals surface area contributed by atoms with Crippen molar-refractivity contribution >= 4 is 11.3 Å². The minimum atomic E-state index is -0.237. The number of hydrogen-bond donors (Lipinski definition) is 1. The highest BCUT2D eigenvalue weighted by molar-refractivity contribution is 7.09. The Morgan fingerprint density at radius 3 is 2.83 bits per heavy atom. The zero-order valence-corrected chi connectivity index (χ0v) is 8.34. The van der Waals surface area contributed by atoms with Crippen molar-refractivity contribution in [3.63, 3.8) is 0 Å². The molecule has 0 fully saturated rings. The van der Waals surface area contributed by atoms with Crippen LogP contribution in [-0.4, -0.2) is 36.8 Å². The van der Waals surface area contributed by atoms with Crippen molar-refractivity contribution in [1.29, 1.82) is 0 Å². The Hall–Kier alpha value is -0.380. The summed E-state index contributed by atoms with van der Waals surface area (Å²) in [6, 6.07) is 4.08. The third-order valence-electron chi connectivity index (χ3n) is 1.59. The van der Waals surface area contributed by atoms with E-state index in [4.69, 9.17) is 0 Å². The molecule has 1 aromatic rings. The van der Waals surface area contributed by atoms with Crippen LogP contribution in [0.5, 0.6) is 0 Å². The van der Waals surface area contributed by atoms with Gasteiger partial charge in [-0.25, -0.2) is 0 Å². The Bertz CT molecular complexity index is 208. The van der Waals surface area contributed by atoms with E-state index >= 15 is 0 Å². The van der Waals surface area contributed by atoms with Crippen LogP contribution >= 0.6 is 11.3 Å². The molecule has 1 atom stereocenters. The second kappa shape index (κ2) is 4.60. The average molecular weight is 185 g/mol. The maximum absolute atomic E-state index is 9.56. The van der Waals surface area contributed by atoms with E-state index in [1.165, 1.54) is 4.88 Å². The summed E-state index contributed by atoms with van der Waals surface area (Å²) in [6.45, 7) is 0.734. The summed E-state index contributed by atoms with van der Waals surface area (Å²) >= 11 is 1.70. The molecule has 0 amide bonds. The van der Waals surface area contributed by atoms with Crippen molar-refractivity contribution in [3.8, 4) is 0 Å². The highest BCUT2D eigenvalue weighted by atomic mass is 32.1. The van der Waals surface area contributed by atoms with E-state index < -0.39 is 0 Å². The van der Waals surface area contributed by atoms with Gasteiger partial charge in [-0.15, -0.1) is 11.3 Å². The molecule has 12 heavy (non-hydrogen) atoms. The summed E-state index contributed by atoms with van der Waals surface area (Å²) in [5.41, 5.74) is 0. The van der Waals surface area contributed by atoms with Gasteiger partial charge in [0.15, 0.2) is 0 Å². The molecule has 0 spiro atoms. The first-order valence-electron chi connectivity index (χ1n) is 4.03. The van der Waals surface area contributed by atoms with E-state index in [9.17, 15) is 5.11 Å². The lowest BCUT2D eigenvalue weighted by molar-refractivity contribution is 0.138. The third-order valence-corrected chi connectivity index (χ3v) is 2.49. The first-order valence-corrected chi connectivity index (χ1v) is 4.91. The standard InChI is InChI=1S/C9H15NOS/c1-10(2)7-8(11)6-9-4-3-5-12-9/h3-5,8,11H,6-7H2,1-2H3. The minimum absolute atomic E-state index is 0.237. The lowest BCUT2D eigenvalue weighted by Crippen LogP contribution is -2.27. The smallest absolute Gasteiger partial charge is 0.0715 e. The van der Waals surface area contributed by atoms with Crippen LogP contribution in [0.25, 0.3) is 0 Å². The third kappa shape index (κ3) is 3.34. The quantitative estimate of drug-likeness (QED) is 0.762. The summed E-state index contributed by atoms with van der Waals surface area (Å²) in [4.78, 5) is 3.25. The second-order valence-electron chi connectivity index (χ2n) is 3.20. The lowest BCUT2D eigenvalue weighted by Gasteiger charge is -2.14. The number of aliphatic hydroxyl groups is 1. The number of rotatable bonds is 4. The molecule has 0 aliphatic carbocycles. The Morgan fingerprint density at radius 1 is 1.58 bits per heavy atom.